The molecule has 28 heavy (non-hydrogen) atoms. The molecule has 6 nitrogen and oxygen atoms in total. The predicted molar refractivity (Wildman–Crippen MR) is 106 cm³/mol. The molecule has 0 radical (unpaired) electrons. The number of ether oxygens (including phenoxy) is 2. The Morgan fingerprint density at radius 2 is 2.04 bits per heavy atom. The Bertz CT molecular complexity index is 940. The van der Waals surface area contributed by atoms with E-state index in [0.29, 0.717) is 31.1 Å². The summed E-state index contributed by atoms with van der Waals surface area (Å²) in [6.07, 6.45) is 1.58. The largest absolute Gasteiger partial charge is 0.491 e. The maximum atomic E-state index is 12.5. The van der Waals surface area contributed by atoms with E-state index in [-0.39, 0.29) is 5.91 Å². The number of carbonyl (C=O) groups is 1. The van der Waals surface area contributed by atoms with E-state index in [2.05, 4.69) is 10.6 Å². The minimum atomic E-state index is -0.411. The highest BCUT2D eigenvalue weighted by Crippen LogP contribution is 2.33. The number of para-hydroxylation sites is 1. The van der Waals surface area contributed by atoms with Gasteiger partial charge in [0.2, 0.25) is 0 Å². The zero-order chi connectivity index (χ0) is 19.4. The van der Waals surface area contributed by atoms with Crippen LogP contribution in [0.3, 0.4) is 0 Å². The molecule has 0 aliphatic carbocycles. The Labute approximate surface area is 163 Å². The zero-order valence-electron chi connectivity index (χ0n) is 15.6. The van der Waals surface area contributed by atoms with Crippen LogP contribution in [0.15, 0.2) is 71.3 Å². The summed E-state index contributed by atoms with van der Waals surface area (Å²) in [5.41, 5.74) is 0.914. The molecule has 1 amide bonds. The van der Waals surface area contributed by atoms with Crippen molar-refractivity contribution < 1.29 is 18.7 Å². The normalized spacial score (nSPS) is 17.8. The summed E-state index contributed by atoms with van der Waals surface area (Å²) in [6, 6.07) is 18.6. The van der Waals surface area contributed by atoms with Gasteiger partial charge in [-0.2, -0.15) is 0 Å². The van der Waals surface area contributed by atoms with Gasteiger partial charge in [-0.15, -0.1) is 0 Å². The maximum absolute atomic E-state index is 12.5. The molecule has 0 saturated heterocycles. The van der Waals surface area contributed by atoms with Crippen molar-refractivity contribution in [3.8, 4) is 11.5 Å². The van der Waals surface area contributed by atoms with Crippen LogP contribution in [0.4, 0.5) is 5.69 Å². The van der Waals surface area contributed by atoms with E-state index < -0.39 is 5.54 Å². The third kappa shape index (κ3) is 4.11. The van der Waals surface area contributed by atoms with Crippen LogP contribution >= 0.6 is 0 Å². The lowest BCUT2D eigenvalue weighted by Gasteiger charge is -2.36. The van der Waals surface area contributed by atoms with Gasteiger partial charge in [0.15, 0.2) is 0 Å². The second-order valence-corrected chi connectivity index (χ2v) is 7.05. The predicted octanol–water partition coefficient (Wildman–Crippen LogP) is 3.85. The van der Waals surface area contributed by atoms with Gasteiger partial charge in [0.05, 0.1) is 18.5 Å². The summed E-state index contributed by atoms with van der Waals surface area (Å²) < 4.78 is 17.0. The van der Waals surface area contributed by atoms with Crippen LogP contribution in [0.1, 0.15) is 23.0 Å². The number of hydrogen-bond acceptors (Lipinski definition) is 5. The van der Waals surface area contributed by atoms with E-state index in [0.717, 1.165) is 17.2 Å². The highest BCUT2D eigenvalue weighted by Gasteiger charge is 2.32. The van der Waals surface area contributed by atoms with E-state index in [4.69, 9.17) is 13.9 Å². The quantitative estimate of drug-likeness (QED) is 0.682. The molecule has 0 spiro atoms. The first kappa shape index (κ1) is 18.0. The molecule has 0 fully saturated rings. The van der Waals surface area contributed by atoms with Crippen molar-refractivity contribution in [3.05, 3.63) is 78.3 Å². The molecule has 0 bridgehead atoms. The van der Waals surface area contributed by atoms with Crippen molar-refractivity contribution in [2.75, 3.05) is 18.5 Å². The molecule has 1 atom stereocenters. The molecule has 2 heterocycles. The highest BCUT2D eigenvalue weighted by molar-refractivity contribution is 5.95. The standard InChI is InChI=1S/C22H22N2O4/c1-22(14-27-17-6-3-2-4-7-17)15-28-20-10-9-16(12-19(20)24-22)21(25)23-13-18-8-5-11-26-18/h2-12,24H,13-15H2,1H3,(H,23,25). The molecule has 6 heteroatoms. The molecular weight excluding hydrogens is 356 g/mol. The minimum Gasteiger partial charge on any atom is -0.491 e. The Morgan fingerprint density at radius 1 is 1.18 bits per heavy atom. The molecule has 1 aliphatic heterocycles. The van der Waals surface area contributed by atoms with Crippen molar-refractivity contribution in [2.24, 2.45) is 0 Å². The fourth-order valence-corrected chi connectivity index (χ4v) is 3.01. The summed E-state index contributed by atoms with van der Waals surface area (Å²) in [5, 5.41) is 6.31. The number of amides is 1. The van der Waals surface area contributed by atoms with Crippen LogP contribution in [0.25, 0.3) is 0 Å². The molecule has 144 valence electrons. The average Bonchev–Trinajstić information content (AvgIpc) is 3.24. The lowest BCUT2D eigenvalue weighted by Crippen LogP contribution is -2.48. The first-order valence-electron chi connectivity index (χ1n) is 9.15. The Kier molecular flexibility index (Phi) is 4.93. The summed E-state index contributed by atoms with van der Waals surface area (Å²) in [5.74, 6) is 2.06. The molecule has 3 aromatic rings. The molecule has 2 N–H and O–H groups in total. The van der Waals surface area contributed by atoms with Crippen molar-refractivity contribution >= 4 is 11.6 Å². The van der Waals surface area contributed by atoms with Crippen molar-refractivity contribution in [2.45, 2.75) is 19.0 Å². The lowest BCUT2D eigenvalue weighted by molar-refractivity contribution is 0.0948. The summed E-state index contributed by atoms with van der Waals surface area (Å²) in [4.78, 5) is 12.5. The van der Waals surface area contributed by atoms with Gasteiger partial charge in [0, 0.05) is 5.56 Å². The number of carbonyl (C=O) groups excluding carboxylic acids is 1. The number of furan rings is 1. The molecule has 0 saturated carbocycles. The zero-order valence-corrected chi connectivity index (χ0v) is 15.6. The van der Waals surface area contributed by atoms with Gasteiger partial charge in [-0.3, -0.25) is 4.79 Å². The van der Waals surface area contributed by atoms with Crippen molar-refractivity contribution in [3.63, 3.8) is 0 Å². The topological polar surface area (TPSA) is 72.7 Å². The van der Waals surface area contributed by atoms with E-state index >= 15 is 0 Å². The van der Waals surface area contributed by atoms with Gasteiger partial charge >= 0.3 is 0 Å². The van der Waals surface area contributed by atoms with Crippen LogP contribution in [0.2, 0.25) is 0 Å². The highest BCUT2D eigenvalue weighted by atomic mass is 16.5. The number of fused-ring (bicyclic) bond motifs is 1. The average molecular weight is 378 g/mol. The summed E-state index contributed by atoms with van der Waals surface area (Å²) in [7, 11) is 0. The smallest absolute Gasteiger partial charge is 0.251 e. The van der Waals surface area contributed by atoms with Crippen LogP contribution < -0.4 is 20.1 Å². The van der Waals surface area contributed by atoms with E-state index in [1.165, 1.54) is 0 Å². The maximum Gasteiger partial charge on any atom is 0.251 e. The minimum absolute atomic E-state index is 0.172. The van der Waals surface area contributed by atoms with Gasteiger partial charge < -0.3 is 24.5 Å². The molecule has 2 aromatic carbocycles. The number of benzene rings is 2. The van der Waals surface area contributed by atoms with Crippen LogP contribution in [0.5, 0.6) is 11.5 Å². The molecule has 4 rings (SSSR count). The third-order valence-corrected chi connectivity index (χ3v) is 4.53. The van der Waals surface area contributed by atoms with E-state index in [9.17, 15) is 4.79 Å². The van der Waals surface area contributed by atoms with Gasteiger partial charge in [-0.05, 0) is 49.4 Å². The Balaban J connectivity index is 1.42. The third-order valence-electron chi connectivity index (χ3n) is 4.53. The first-order valence-corrected chi connectivity index (χ1v) is 9.15. The number of rotatable bonds is 6. The first-order chi connectivity index (χ1) is 13.6. The van der Waals surface area contributed by atoms with Gasteiger partial charge in [-0.25, -0.2) is 0 Å². The summed E-state index contributed by atoms with van der Waals surface area (Å²) >= 11 is 0. The summed E-state index contributed by atoms with van der Waals surface area (Å²) in [6.45, 7) is 3.28. The fourth-order valence-electron chi connectivity index (χ4n) is 3.01. The van der Waals surface area contributed by atoms with Crippen LogP contribution in [-0.4, -0.2) is 24.7 Å². The van der Waals surface area contributed by atoms with Crippen LogP contribution in [0, 0.1) is 0 Å². The second-order valence-electron chi connectivity index (χ2n) is 7.05. The fraction of sp³-hybridized carbons (Fsp3) is 0.227. The van der Waals surface area contributed by atoms with Crippen molar-refractivity contribution in [1.29, 1.82) is 0 Å². The molecule has 1 aromatic heterocycles. The van der Waals surface area contributed by atoms with Gasteiger partial charge in [0.1, 0.15) is 36.0 Å². The van der Waals surface area contributed by atoms with E-state index in [1.807, 2.05) is 49.4 Å². The Hall–Kier alpha value is -3.41. The van der Waals surface area contributed by atoms with E-state index in [1.54, 1.807) is 24.5 Å². The molecular formula is C22H22N2O4. The Morgan fingerprint density at radius 3 is 2.82 bits per heavy atom. The van der Waals surface area contributed by atoms with Gasteiger partial charge in [0.25, 0.3) is 5.91 Å². The SMILES string of the molecule is CC1(COc2ccccc2)COc2ccc(C(=O)NCc3ccco3)cc2N1. The number of anilines is 1. The molecule has 1 aliphatic rings. The van der Waals surface area contributed by atoms with Crippen LogP contribution in [-0.2, 0) is 6.54 Å². The lowest BCUT2D eigenvalue weighted by atomic mass is 10.0. The second kappa shape index (κ2) is 7.68. The van der Waals surface area contributed by atoms with Crippen molar-refractivity contribution in [1.82, 2.24) is 5.32 Å². The van der Waals surface area contributed by atoms with Gasteiger partial charge in [-0.1, -0.05) is 18.2 Å². The number of nitrogens with one attached hydrogen (secondary N) is 2. The number of hydrogen-bond donors (Lipinski definition) is 2. The monoisotopic (exact) mass is 378 g/mol. The molecule has 1 unspecified atom stereocenters.